The molecule has 0 aliphatic heterocycles. The van der Waals surface area contributed by atoms with Gasteiger partial charge < -0.3 is 9.64 Å². The summed E-state index contributed by atoms with van der Waals surface area (Å²) in [5, 5.41) is 0. The van der Waals surface area contributed by atoms with Crippen LogP contribution in [0.5, 0.6) is 5.75 Å². The van der Waals surface area contributed by atoms with Crippen molar-refractivity contribution in [1.29, 1.82) is 0 Å². The molecule has 1 aromatic carbocycles. The number of ether oxygens (including phenoxy) is 1. The van der Waals surface area contributed by atoms with Crippen molar-refractivity contribution in [3.05, 3.63) is 29.8 Å². The SMILES string of the molecule is COc1[c-]cc(CN(C)C)cc1.[Li+]. The third-order valence-corrected chi connectivity index (χ3v) is 1.57. The number of methoxy groups -OCH3 is 1. The number of nitrogens with zero attached hydrogens (tertiary/aromatic N) is 1. The minimum absolute atomic E-state index is 0. The van der Waals surface area contributed by atoms with Crippen molar-refractivity contribution in [3.63, 3.8) is 0 Å². The fourth-order valence-corrected chi connectivity index (χ4v) is 1.03. The Bertz CT molecular complexity index is 233. The van der Waals surface area contributed by atoms with Crippen LogP contribution < -0.4 is 23.6 Å². The smallest absolute Gasteiger partial charge is 0.523 e. The molecule has 1 aromatic rings. The molecule has 0 aliphatic rings. The van der Waals surface area contributed by atoms with Crippen molar-refractivity contribution < 1.29 is 23.6 Å². The first-order valence-electron chi connectivity index (χ1n) is 3.91. The summed E-state index contributed by atoms with van der Waals surface area (Å²) >= 11 is 0. The van der Waals surface area contributed by atoms with E-state index in [1.165, 1.54) is 5.56 Å². The average molecular weight is 171 g/mol. The van der Waals surface area contributed by atoms with Crippen LogP contribution in [0.4, 0.5) is 0 Å². The van der Waals surface area contributed by atoms with Crippen LogP contribution in [0.2, 0.25) is 0 Å². The molecule has 0 spiro atoms. The van der Waals surface area contributed by atoms with Gasteiger partial charge in [0.25, 0.3) is 0 Å². The molecule has 0 heterocycles. The van der Waals surface area contributed by atoms with Gasteiger partial charge in [-0.25, -0.2) is 0 Å². The summed E-state index contributed by atoms with van der Waals surface area (Å²) in [6.45, 7) is 0.945. The van der Waals surface area contributed by atoms with Gasteiger partial charge in [0, 0.05) is 5.75 Å². The van der Waals surface area contributed by atoms with Crippen LogP contribution in [0.15, 0.2) is 18.2 Å². The van der Waals surface area contributed by atoms with E-state index in [0.717, 1.165) is 12.3 Å². The predicted octanol–water partition coefficient (Wildman–Crippen LogP) is -1.44. The predicted molar refractivity (Wildman–Crippen MR) is 49.2 cm³/mol. The van der Waals surface area contributed by atoms with Gasteiger partial charge in [-0.1, -0.05) is 0 Å². The molecule has 13 heavy (non-hydrogen) atoms. The standard InChI is InChI=1S/C10H14NO.Li/c1-11(2)8-9-4-6-10(12-3)7-5-9;/h4-6H,8H2,1-3H3;/q-1;+1. The van der Waals surface area contributed by atoms with Crippen molar-refractivity contribution in [1.82, 2.24) is 4.90 Å². The molecule has 0 saturated carbocycles. The van der Waals surface area contributed by atoms with Crippen LogP contribution in [-0.4, -0.2) is 26.1 Å². The van der Waals surface area contributed by atoms with Crippen molar-refractivity contribution >= 4 is 0 Å². The molecule has 0 atom stereocenters. The molecule has 0 unspecified atom stereocenters. The number of hydrogen-bond acceptors (Lipinski definition) is 2. The maximum atomic E-state index is 5.00. The van der Waals surface area contributed by atoms with E-state index in [-0.39, 0.29) is 18.9 Å². The minimum Gasteiger partial charge on any atom is -0.523 e. The van der Waals surface area contributed by atoms with Gasteiger partial charge in [-0.2, -0.15) is 12.1 Å². The van der Waals surface area contributed by atoms with Gasteiger partial charge in [-0.15, -0.1) is 17.7 Å². The van der Waals surface area contributed by atoms with Crippen LogP contribution in [0.3, 0.4) is 0 Å². The van der Waals surface area contributed by atoms with Crippen molar-refractivity contribution in [2.75, 3.05) is 21.2 Å². The van der Waals surface area contributed by atoms with Gasteiger partial charge in [0.1, 0.15) is 0 Å². The van der Waals surface area contributed by atoms with E-state index in [2.05, 4.69) is 17.0 Å². The third-order valence-electron chi connectivity index (χ3n) is 1.57. The Hall–Kier alpha value is -0.423. The summed E-state index contributed by atoms with van der Waals surface area (Å²) in [7, 11) is 5.74. The second-order valence-corrected chi connectivity index (χ2v) is 3.00. The second-order valence-electron chi connectivity index (χ2n) is 3.00. The van der Waals surface area contributed by atoms with E-state index in [1.54, 1.807) is 7.11 Å². The molecule has 0 bridgehead atoms. The molecule has 0 aromatic heterocycles. The molecule has 0 radical (unpaired) electrons. The van der Waals surface area contributed by atoms with Gasteiger partial charge >= 0.3 is 18.9 Å². The van der Waals surface area contributed by atoms with Crippen LogP contribution in [0.25, 0.3) is 0 Å². The van der Waals surface area contributed by atoms with E-state index in [0.29, 0.717) is 0 Å². The zero-order chi connectivity index (χ0) is 8.97. The van der Waals surface area contributed by atoms with Crippen LogP contribution in [0.1, 0.15) is 5.56 Å². The first-order valence-corrected chi connectivity index (χ1v) is 3.91. The molecule has 2 nitrogen and oxygen atoms in total. The van der Waals surface area contributed by atoms with Gasteiger partial charge in [0.05, 0.1) is 7.11 Å². The Kier molecular flexibility index (Phi) is 5.90. The summed E-state index contributed by atoms with van der Waals surface area (Å²) in [6.07, 6.45) is 0. The van der Waals surface area contributed by atoms with Crippen molar-refractivity contribution in [2.24, 2.45) is 0 Å². The molecule has 0 amide bonds. The third kappa shape index (κ3) is 4.38. The molecule has 0 saturated heterocycles. The molecule has 0 fully saturated rings. The fourth-order valence-electron chi connectivity index (χ4n) is 1.03. The summed E-state index contributed by atoms with van der Waals surface area (Å²) in [5.74, 6) is 0.789. The molecule has 66 valence electrons. The monoisotopic (exact) mass is 171 g/mol. The Labute approximate surface area is 92.1 Å². The van der Waals surface area contributed by atoms with Crippen LogP contribution in [0, 0.1) is 6.07 Å². The van der Waals surface area contributed by atoms with Gasteiger partial charge in [0.15, 0.2) is 0 Å². The Morgan fingerprint density at radius 3 is 2.46 bits per heavy atom. The molecule has 1 rings (SSSR count). The number of rotatable bonds is 3. The molecular weight excluding hydrogens is 157 g/mol. The molecule has 0 N–H and O–H groups in total. The van der Waals surface area contributed by atoms with E-state index < -0.39 is 0 Å². The van der Waals surface area contributed by atoms with Crippen LogP contribution in [-0.2, 0) is 6.54 Å². The van der Waals surface area contributed by atoms with Crippen LogP contribution >= 0.6 is 0 Å². The largest absolute Gasteiger partial charge is 1.00 e. The number of benzene rings is 1. The zero-order valence-corrected chi connectivity index (χ0v) is 8.79. The first kappa shape index (κ1) is 12.6. The Balaban J connectivity index is 0.00000144. The number of hydrogen-bond donors (Lipinski definition) is 0. The van der Waals surface area contributed by atoms with E-state index >= 15 is 0 Å². The van der Waals surface area contributed by atoms with E-state index in [1.807, 2.05) is 26.2 Å². The fraction of sp³-hybridized carbons (Fsp3) is 0.400. The maximum Gasteiger partial charge on any atom is 1.00 e. The van der Waals surface area contributed by atoms with Gasteiger partial charge in [0.2, 0.25) is 0 Å². The van der Waals surface area contributed by atoms with Crippen molar-refractivity contribution in [2.45, 2.75) is 6.54 Å². The summed E-state index contributed by atoms with van der Waals surface area (Å²) in [6, 6.07) is 8.98. The molecule has 0 aliphatic carbocycles. The topological polar surface area (TPSA) is 12.5 Å². The summed E-state index contributed by atoms with van der Waals surface area (Å²) < 4.78 is 5.00. The normalized spacial score (nSPS) is 9.54. The van der Waals surface area contributed by atoms with E-state index in [9.17, 15) is 0 Å². The maximum absolute atomic E-state index is 5.00. The quantitative estimate of drug-likeness (QED) is 0.408. The molecular formula is C10H14LiNO. The average Bonchev–Trinajstić information content (AvgIpc) is 2.05. The van der Waals surface area contributed by atoms with Gasteiger partial charge in [-0.3, -0.25) is 0 Å². The van der Waals surface area contributed by atoms with E-state index in [4.69, 9.17) is 4.74 Å². The first-order chi connectivity index (χ1) is 5.72. The second kappa shape index (κ2) is 6.10. The Morgan fingerprint density at radius 2 is 2.08 bits per heavy atom. The van der Waals surface area contributed by atoms with Crippen molar-refractivity contribution in [3.8, 4) is 5.75 Å². The van der Waals surface area contributed by atoms with Gasteiger partial charge in [-0.05, 0) is 20.6 Å². The summed E-state index contributed by atoms with van der Waals surface area (Å²) in [5.41, 5.74) is 1.25. The summed E-state index contributed by atoms with van der Waals surface area (Å²) in [4.78, 5) is 2.12. The Morgan fingerprint density at radius 1 is 1.38 bits per heavy atom. The zero-order valence-electron chi connectivity index (χ0n) is 8.79. The molecule has 3 heteroatoms. The minimum atomic E-state index is 0.